The van der Waals surface area contributed by atoms with Crippen molar-refractivity contribution in [3.63, 3.8) is 0 Å². The van der Waals surface area contributed by atoms with E-state index in [4.69, 9.17) is 0 Å². The first-order valence-corrected chi connectivity index (χ1v) is 11.0. The first-order chi connectivity index (χ1) is 14.9. The van der Waals surface area contributed by atoms with E-state index in [1.807, 2.05) is 35.8 Å². The van der Waals surface area contributed by atoms with E-state index in [0.717, 1.165) is 42.3 Å². The maximum atomic E-state index is 13.9. The van der Waals surface area contributed by atoms with Gasteiger partial charge < -0.3 is 10.2 Å². The lowest BCUT2D eigenvalue weighted by Crippen LogP contribution is -2.32. The SMILES string of the molecule is CC(C)C1=C(c2ccc(NC(=O)c3ccc(F)cc3F)cc2)CN(c2nccs2)CC1. The van der Waals surface area contributed by atoms with Crippen LogP contribution in [0.1, 0.15) is 36.2 Å². The van der Waals surface area contributed by atoms with Crippen LogP contribution in [0.4, 0.5) is 19.6 Å². The summed E-state index contributed by atoms with van der Waals surface area (Å²) in [6.07, 6.45) is 2.80. The first-order valence-electron chi connectivity index (χ1n) is 10.2. The number of carbonyl (C=O) groups excluding carboxylic acids is 1. The van der Waals surface area contributed by atoms with Crippen molar-refractivity contribution in [2.45, 2.75) is 20.3 Å². The normalized spacial score (nSPS) is 14.3. The third kappa shape index (κ3) is 4.66. The highest BCUT2D eigenvalue weighted by molar-refractivity contribution is 7.13. The molecule has 0 atom stereocenters. The number of halogens is 2. The minimum Gasteiger partial charge on any atom is -0.343 e. The smallest absolute Gasteiger partial charge is 0.258 e. The number of hydrogen-bond donors (Lipinski definition) is 1. The molecule has 2 aromatic carbocycles. The van der Waals surface area contributed by atoms with Gasteiger partial charge in [-0.15, -0.1) is 11.3 Å². The lowest BCUT2D eigenvalue weighted by Gasteiger charge is -2.32. The Labute approximate surface area is 184 Å². The molecule has 31 heavy (non-hydrogen) atoms. The van der Waals surface area contributed by atoms with Crippen molar-refractivity contribution in [3.05, 3.63) is 82.4 Å². The Balaban J connectivity index is 1.55. The topological polar surface area (TPSA) is 45.2 Å². The number of thiazole rings is 1. The van der Waals surface area contributed by atoms with E-state index in [9.17, 15) is 13.6 Å². The minimum absolute atomic E-state index is 0.193. The molecule has 0 saturated heterocycles. The number of benzene rings is 2. The van der Waals surface area contributed by atoms with Gasteiger partial charge in [0.25, 0.3) is 5.91 Å². The molecule has 4 rings (SSSR count). The molecule has 1 aromatic heterocycles. The van der Waals surface area contributed by atoms with Gasteiger partial charge in [0.2, 0.25) is 0 Å². The molecule has 0 radical (unpaired) electrons. The van der Waals surface area contributed by atoms with Crippen molar-refractivity contribution in [3.8, 4) is 0 Å². The fourth-order valence-electron chi connectivity index (χ4n) is 3.85. The summed E-state index contributed by atoms with van der Waals surface area (Å²) in [5.74, 6) is -1.77. The second-order valence-electron chi connectivity index (χ2n) is 7.80. The zero-order valence-corrected chi connectivity index (χ0v) is 18.2. The fourth-order valence-corrected chi connectivity index (χ4v) is 4.52. The second-order valence-corrected chi connectivity index (χ2v) is 8.67. The first kappa shape index (κ1) is 21.2. The van der Waals surface area contributed by atoms with Crippen LogP contribution in [0.2, 0.25) is 0 Å². The van der Waals surface area contributed by atoms with Crippen LogP contribution in [0.15, 0.2) is 59.6 Å². The molecule has 4 nitrogen and oxygen atoms in total. The van der Waals surface area contributed by atoms with Gasteiger partial charge in [-0.3, -0.25) is 4.79 Å². The Morgan fingerprint density at radius 3 is 2.58 bits per heavy atom. The van der Waals surface area contributed by atoms with Gasteiger partial charge in [-0.25, -0.2) is 13.8 Å². The third-order valence-corrected chi connectivity index (χ3v) is 6.27. The summed E-state index contributed by atoms with van der Waals surface area (Å²) in [7, 11) is 0. The molecule has 1 amide bonds. The van der Waals surface area contributed by atoms with E-state index in [1.165, 1.54) is 11.1 Å². The van der Waals surface area contributed by atoms with Crippen molar-refractivity contribution in [1.29, 1.82) is 0 Å². The number of anilines is 2. The molecular formula is C24H23F2N3OS. The Morgan fingerprint density at radius 2 is 1.94 bits per heavy atom. The molecule has 2 heterocycles. The zero-order chi connectivity index (χ0) is 22.0. The third-order valence-electron chi connectivity index (χ3n) is 5.44. The molecule has 160 valence electrons. The van der Waals surface area contributed by atoms with Gasteiger partial charge in [-0.05, 0) is 47.7 Å². The van der Waals surface area contributed by atoms with Crippen LogP contribution < -0.4 is 10.2 Å². The number of nitrogens with one attached hydrogen (secondary N) is 1. The molecule has 1 aliphatic heterocycles. The van der Waals surface area contributed by atoms with Gasteiger partial charge >= 0.3 is 0 Å². The molecular weight excluding hydrogens is 416 g/mol. The highest BCUT2D eigenvalue weighted by Gasteiger charge is 2.23. The van der Waals surface area contributed by atoms with Gasteiger partial charge in [0, 0.05) is 36.4 Å². The van der Waals surface area contributed by atoms with Crippen LogP contribution in [-0.4, -0.2) is 24.0 Å². The maximum absolute atomic E-state index is 13.9. The lowest BCUT2D eigenvalue weighted by atomic mass is 9.87. The van der Waals surface area contributed by atoms with Gasteiger partial charge in [0.1, 0.15) is 11.6 Å². The fraction of sp³-hybridized carbons (Fsp3) is 0.250. The monoisotopic (exact) mass is 439 g/mol. The Hall–Kier alpha value is -3.06. The largest absolute Gasteiger partial charge is 0.343 e. The van der Waals surface area contributed by atoms with Gasteiger partial charge in [0.15, 0.2) is 5.13 Å². The summed E-state index contributed by atoms with van der Waals surface area (Å²) in [6.45, 7) is 6.15. The van der Waals surface area contributed by atoms with E-state index < -0.39 is 17.5 Å². The van der Waals surface area contributed by atoms with Gasteiger partial charge in [-0.2, -0.15) is 0 Å². The van der Waals surface area contributed by atoms with E-state index in [-0.39, 0.29) is 5.56 Å². The lowest BCUT2D eigenvalue weighted by molar-refractivity contribution is 0.102. The molecule has 0 bridgehead atoms. The number of amides is 1. The average Bonchev–Trinajstić information content (AvgIpc) is 3.28. The van der Waals surface area contributed by atoms with E-state index >= 15 is 0 Å². The van der Waals surface area contributed by atoms with Gasteiger partial charge in [-0.1, -0.05) is 31.6 Å². The molecule has 7 heteroatoms. The Morgan fingerprint density at radius 1 is 1.16 bits per heavy atom. The van der Waals surface area contributed by atoms with Crippen LogP contribution >= 0.6 is 11.3 Å². The van der Waals surface area contributed by atoms with Crippen LogP contribution in [0.5, 0.6) is 0 Å². The predicted molar refractivity (Wildman–Crippen MR) is 121 cm³/mol. The molecule has 0 saturated carbocycles. The average molecular weight is 440 g/mol. The maximum Gasteiger partial charge on any atom is 0.258 e. The Kier molecular flexibility index (Phi) is 6.13. The summed E-state index contributed by atoms with van der Waals surface area (Å²) >= 11 is 1.64. The van der Waals surface area contributed by atoms with E-state index in [2.05, 4.69) is 29.0 Å². The summed E-state index contributed by atoms with van der Waals surface area (Å²) in [5, 5.41) is 5.68. The summed E-state index contributed by atoms with van der Waals surface area (Å²) < 4.78 is 26.9. The van der Waals surface area contributed by atoms with Crippen LogP contribution in [-0.2, 0) is 0 Å². The zero-order valence-electron chi connectivity index (χ0n) is 17.4. The predicted octanol–water partition coefficient (Wildman–Crippen LogP) is 5.99. The highest BCUT2D eigenvalue weighted by atomic mass is 32.1. The minimum atomic E-state index is -0.884. The molecule has 0 spiro atoms. The number of nitrogens with zero attached hydrogens (tertiary/aromatic N) is 2. The van der Waals surface area contributed by atoms with E-state index in [0.29, 0.717) is 17.7 Å². The number of hydrogen-bond acceptors (Lipinski definition) is 4. The van der Waals surface area contributed by atoms with Crippen LogP contribution in [0, 0.1) is 17.6 Å². The molecule has 3 aromatic rings. The van der Waals surface area contributed by atoms with E-state index in [1.54, 1.807) is 11.3 Å². The molecule has 0 unspecified atom stereocenters. The van der Waals surface area contributed by atoms with Crippen LogP contribution in [0.25, 0.3) is 5.57 Å². The van der Waals surface area contributed by atoms with Crippen LogP contribution in [0.3, 0.4) is 0 Å². The molecule has 1 aliphatic rings. The van der Waals surface area contributed by atoms with Gasteiger partial charge in [0.05, 0.1) is 5.56 Å². The summed E-state index contributed by atoms with van der Waals surface area (Å²) in [6, 6.07) is 10.5. The summed E-state index contributed by atoms with van der Waals surface area (Å²) in [5.41, 5.74) is 4.16. The standard InChI is InChI=1S/C24H23F2N3OS/c1-15(2)19-9-11-29(24-27-10-12-31-24)14-21(19)16-3-6-18(7-4-16)28-23(30)20-8-5-17(25)13-22(20)26/h3-8,10,12-13,15H,9,11,14H2,1-2H3,(H,28,30). The van der Waals surface area contributed by atoms with Crippen molar-refractivity contribution < 1.29 is 13.6 Å². The van der Waals surface area contributed by atoms with Crippen molar-refractivity contribution in [2.75, 3.05) is 23.3 Å². The number of aromatic nitrogens is 1. The number of carbonyl (C=O) groups is 1. The van der Waals surface area contributed by atoms with Crippen molar-refractivity contribution >= 4 is 33.6 Å². The number of rotatable bonds is 5. The molecule has 0 aliphatic carbocycles. The molecule has 0 fully saturated rings. The molecule has 1 N–H and O–H groups in total. The second kappa shape index (κ2) is 8.98. The summed E-state index contributed by atoms with van der Waals surface area (Å²) in [4.78, 5) is 19.1. The van der Waals surface area contributed by atoms with Crippen molar-refractivity contribution in [1.82, 2.24) is 4.98 Å². The quantitative estimate of drug-likeness (QED) is 0.531. The van der Waals surface area contributed by atoms with Crippen molar-refractivity contribution in [2.24, 2.45) is 5.92 Å². The highest BCUT2D eigenvalue weighted by Crippen LogP contribution is 2.34. The Bertz CT molecular complexity index is 1110.